The normalized spacial score (nSPS) is 10.9. The van der Waals surface area contributed by atoms with Gasteiger partial charge in [-0.1, -0.05) is 19.4 Å². The lowest BCUT2D eigenvalue weighted by atomic mass is 10.1. The maximum absolute atomic E-state index is 9.72. The van der Waals surface area contributed by atoms with Gasteiger partial charge >= 0.3 is 0 Å². The van der Waals surface area contributed by atoms with Crippen LogP contribution in [0, 0.1) is 0 Å². The summed E-state index contributed by atoms with van der Waals surface area (Å²) in [6, 6.07) is 5.59. The maximum Gasteiger partial charge on any atom is 0.125 e. The third kappa shape index (κ3) is 1.48. The Kier molecular flexibility index (Phi) is 2.44. The predicted octanol–water partition coefficient (Wildman–Crippen LogP) is 3.22. The molecule has 14 heavy (non-hydrogen) atoms. The monoisotopic (exact) mass is 189 g/mol. The number of unbranched alkanes of at least 4 members (excludes halogenated alkanes) is 1. The fourth-order valence-electron chi connectivity index (χ4n) is 1.80. The first-order valence-electron chi connectivity index (χ1n) is 5.11. The summed E-state index contributed by atoms with van der Waals surface area (Å²) >= 11 is 0. The molecule has 0 aliphatic carbocycles. The predicted molar refractivity (Wildman–Crippen MR) is 58.6 cm³/mol. The molecule has 2 aromatic rings. The number of hydrogen-bond acceptors (Lipinski definition) is 1. The lowest BCUT2D eigenvalue weighted by Gasteiger charge is -1.99. The molecule has 2 rings (SSSR count). The molecular formula is C12H15NO. The van der Waals surface area contributed by atoms with Gasteiger partial charge in [0.1, 0.15) is 5.75 Å². The highest BCUT2D eigenvalue weighted by atomic mass is 16.3. The van der Waals surface area contributed by atoms with Gasteiger partial charge in [0.15, 0.2) is 0 Å². The van der Waals surface area contributed by atoms with Gasteiger partial charge in [0, 0.05) is 17.1 Å². The summed E-state index contributed by atoms with van der Waals surface area (Å²) in [6.45, 7) is 2.18. The van der Waals surface area contributed by atoms with Gasteiger partial charge in [0.25, 0.3) is 0 Å². The summed E-state index contributed by atoms with van der Waals surface area (Å²) in [6.07, 6.45) is 5.38. The van der Waals surface area contributed by atoms with Crippen LogP contribution in [0.25, 0.3) is 10.9 Å². The van der Waals surface area contributed by atoms with Crippen LogP contribution in [-0.4, -0.2) is 10.1 Å². The number of rotatable bonds is 3. The molecule has 0 spiro atoms. The number of aromatic amines is 1. The number of nitrogens with one attached hydrogen (secondary N) is 1. The van der Waals surface area contributed by atoms with Crippen LogP contribution < -0.4 is 0 Å². The van der Waals surface area contributed by atoms with Crippen molar-refractivity contribution in [3.63, 3.8) is 0 Å². The smallest absolute Gasteiger partial charge is 0.125 e. The molecule has 0 amide bonds. The number of phenols is 1. The molecule has 1 aromatic heterocycles. The fourth-order valence-corrected chi connectivity index (χ4v) is 1.80. The zero-order chi connectivity index (χ0) is 9.97. The number of benzene rings is 1. The van der Waals surface area contributed by atoms with E-state index in [4.69, 9.17) is 0 Å². The van der Waals surface area contributed by atoms with Crippen LogP contribution in [0.5, 0.6) is 5.75 Å². The summed E-state index contributed by atoms with van der Waals surface area (Å²) in [4.78, 5) is 3.18. The van der Waals surface area contributed by atoms with E-state index in [1.165, 1.54) is 18.4 Å². The van der Waals surface area contributed by atoms with Crippen LogP contribution >= 0.6 is 0 Å². The van der Waals surface area contributed by atoms with Gasteiger partial charge < -0.3 is 10.1 Å². The number of aryl methyl sites for hydroxylation is 1. The average molecular weight is 189 g/mol. The van der Waals surface area contributed by atoms with E-state index in [1.54, 1.807) is 6.07 Å². The van der Waals surface area contributed by atoms with Crippen molar-refractivity contribution in [2.45, 2.75) is 26.2 Å². The Balaban J connectivity index is 2.45. The molecule has 0 bridgehead atoms. The van der Waals surface area contributed by atoms with Gasteiger partial charge in [-0.2, -0.15) is 0 Å². The third-order valence-electron chi connectivity index (χ3n) is 2.57. The molecule has 0 radical (unpaired) electrons. The first-order chi connectivity index (χ1) is 6.83. The van der Waals surface area contributed by atoms with Crippen LogP contribution in [0.2, 0.25) is 0 Å². The number of aromatic hydroxyl groups is 1. The zero-order valence-electron chi connectivity index (χ0n) is 8.38. The molecule has 0 saturated carbocycles. The first kappa shape index (κ1) is 9.13. The molecular weight excluding hydrogens is 174 g/mol. The van der Waals surface area contributed by atoms with Crippen molar-refractivity contribution >= 4 is 10.9 Å². The van der Waals surface area contributed by atoms with Crippen LogP contribution in [-0.2, 0) is 6.42 Å². The van der Waals surface area contributed by atoms with Crippen molar-refractivity contribution < 1.29 is 5.11 Å². The molecule has 0 fully saturated rings. The molecule has 1 heterocycles. The highest BCUT2D eigenvalue weighted by Crippen LogP contribution is 2.28. The van der Waals surface area contributed by atoms with Crippen molar-refractivity contribution in [1.29, 1.82) is 0 Å². The van der Waals surface area contributed by atoms with Crippen LogP contribution in [0.4, 0.5) is 0 Å². The lowest BCUT2D eigenvalue weighted by Crippen LogP contribution is -1.81. The zero-order valence-corrected chi connectivity index (χ0v) is 8.38. The topological polar surface area (TPSA) is 36.0 Å². The van der Waals surface area contributed by atoms with Gasteiger partial charge in [0.05, 0.1) is 0 Å². The number of H-pyrrole nitrogens is 1. The molecule has 1 aromatic carbocycles. The van der Waals surface area contributed by atoms with Crippen LogP contribution in [0.3, 0.4) is 0 Å². The summed E-state index contributed by atoms with van der Waals surface area (Å²) in [5.41, 5.74) is 2.25. The van der Waals surface area contributed by atoms with Crippen molar-refractivity contribution in [3.05, 3.63) is 30.0 Å². The summed E-state index contributed by atoms with van der Waals surface area (Å²) in [5.74, 6) is 0.384. The number of hydrogen-bond donors (Lipinski definition) is 2. The molecule has 0 atom stereocenters. The molecule has 2 nitrogen and oxygen atoms in total. The Hall–Kier alpha value is -1.44. The molecule has 0 aliphatic rings. The van der Waals surface area contributed by atoms with E-state index in [0.717, 1.165) is 17.3 Å². The standard InChI is InChI=1S/C12H15NO/c1-2-3-5-9-8-13-10-6-4-7-11(14)12(9)10/h4,6-8,13-14H,2-3,5H2,1H3. The minimum Gasteiger partial charge on any atom is -0.507 e. The highest BCUT2D eigenvalue weighted by Gasteiger charge is 2.06. The maximum atomic E-state index is 9.72. The van der Waals surface area contributed by atoms with Gasteiger partial charge in [0.2, 0.25) is 0 Å². The largest absolute Gasteiger partial charge is 0.507 e. The summed E-state index contributed by atoms with van der Waals surface area (Å²) < 4.78 is 0. The van der Waals surface area contributed by atoms with Crippen molar-refractivity contribution in [2.75, 3.05) is 0 Å². The van der Waals surface area contributed by atoms with E-state index in [-0.39, 0.29) is 0 Å². The Bertz CT molecular complexity index is 431. The van der Waals surface area contributed by atoms with Crippen molar-refractivity contribution in [2.24, 2.45) is 0 Å². The quantitative estimate of drug-likeness (QED) is 0.764. The van der Waals surface area contributed by atoms with Crippen molar-refractivity contribution in [3.8, 4) is 5.75 Å². The second-order valence-electron chi connectivity index (χ2n) is 3.62. The Labute approximate surface area is 83.6 Å². The van der Waals surface area contributed by atoms with E-state index in [9.17, 15) is 5.11 Å². The Morgan fingerprint density at radius 1 is 1.36 bits per heavy atom. The van der Waals surface area contributed by atoms with Gasteiger partial charge in [-0.25, -0.2) is 0 Å². The van der Waals surface area contributed by atoms with Crippen molar-refractivity contribution in [1.82, 2.24) is 4.98 Å². The van der Waals surface area contributed by atoms with Crippen LogP contribution in [0.15, 0.2) is 24.4 Å². The van der Waals surface area contributed by atoms with E-state index in [1.807, 2.05) is 18.3 Å². The molecule has 0 unspecified atom stereocenters. The molecule has 0 saturated heterocycles. The molecule has 2 heteroatoms. The number of aromatic nitrogens is 1. The number of fused-ring (bicyclic) bond motifs is 1. The second kappa shape index (κ2) is 3.74. The molecule has 0 aliphatic heterocycles. The first-order valence-corrected chi connectivity index (χ1v) is 5.11. The van der Waals surface area contributed by atoms with Gasteiger partial charge in [-0.3, -0.25) is 0 Å². The Morgan fingerprint density at radius 3 is 3.00 bits per heavy atom. The Morgan fingerprint density at radius 2 is 2.21 bits per heavy atom. The minimum absolute atomic E-state index is 0.384. The van der Waals surface area contributed by atoms with Gasteiger partial charge in [-0.15, -0.1) is 0 Å². The van der Waals surface area contributed by atoms with E-state index >= 15 is 0 Å². The SMILES string of the molecule is CCCCc1c[nH]c2cccc(O)c12. The lowest BCUT2D eigenvalue weighted by molar-refractivity contribution is 0.481. The summed E-state index contributed by atoms with van der Waals surface area (Å²) in [5, 5.41) is 10.7. The molecule has 74 valence electrons. The number of phenolic OH excluding ortho intramolecular Hbond substituents is 1. The average Bonchev–Trinajstić information content (AvgIpc) is 2.59. The minimum atomic E-state index is 0.384. The van der Waals surface area contributed by atoms with E-state index in [0.29, 0.717) is 5.75 Å². The summed E-state index contributed by atoms with van der Waals surface area (Å²) in [7, 11) is 0. The second-order valence-corrected chi connectivity index (χ2v) is 3.62. The van der Waals surface area contributed by atoms with Gasteiger partial charge in [-0.05, 0) is 30.5 Å². The van der Waals surface area contributed by atoms with Crippen LogP contribution in [0.1, 0.15) is 25.3 Å². The molecule has 2 N–H and O–H groups in total. The van der Waals surface area contributed by atoms with E-state index in [2.05, 4.69) is 11.9 Å². The fraction of sp³-hybridized carbons (Fsp3) is 0.333. The third-order valence-corrected chi connectivity index (χ3v) is 2.57. The highest BCUT2D eigenvalue weighted by molar-refractivity contribution is 5.88. The van der Waals surface area contributed by atoms with E-state index < -0.39 is 0 Å².